The molecule has 0 saturated heterocycles. The number of nitrogens with one attached hydrogen (secondary N) is 2. The maximum absolute atomic E-state index is 13.4. The van der Waals surface area contributed by atoms with Crippen molar-refractivity contribution >= 4 is 33.3 Å². The molecule has 1 unspecified atom stereocenters. The summed E-state index contributed by atoms with van der Waals surface area (Å²) in [6, 6.07) is 5.50. The first-order valence-corrected chi connectivity index (χ1v) is 13.1. The number of benzene rings is 1. The number of rotatable bonds is 8. The van der Waals surface area contributed by atoms with Gasteiger partial charge in [-0.05, 0) is 62.1 Å². The van der Waals surface area contributed by atoms with Crippen molar-refractivity contribution in [3.05, 3.63) is 29.3 Å². The lowest BCUT2D eigenvalue weighted by atomic mass is 10.0. The Morgan fingerprint density at radius 1 is 1.21 bits per heavy atom. The normalized spacial score (nSPS) is 18.9. The van der Waals surface area contributed by atoms with Gasteiger partial charge in [0.25, 0.3) is 5.91 Å². The Morgan fingerprint density at radius 3 is 2.58 bits per heavy atom. The summed E-state index contributed by atoms with van der Waals surface area (Å²) in [5, 5.41) is 7.00. The number of anilines is 2. The minimum Gasteiger partial charge on any atom is -0.331 e. The fourth-order valence-electron chi connectivity index (χ4n) is 4.65. The second-order valence-electron chi connectivity index (χ2n) is 9.62. The van der Waals surface area contributed by atoms with Gasteiger partial charge in [-0.3, -0.25) is 19.0 Å². The van der Waals surface area contributed by atoms with Gasteiger partial charge in [0.05, 0.1) is 22.7 Å². The van der Waals surface area contributed by atoms with Crippen molar-refractivity contribution in [1.29, 1.82) is 0 Å². The second-order valence-corrected chi connectivity index (χ2v) is 11.4. The molecule has 0 radical (unpaired) electrons. The summed E-state index contributed by atoms with van der Waals surface area (Å²) in [7, 11) is -1.82. The van der Waals surface area contributed by atoms with Crippen molar-refractivity contribution in [2.45, 2.75) is 52.1 Å². The van der Waals surface area contributed by atoms with E-state index in [-0.39, 0.29) is 29.5 Å². The predicted molar refractivity (Wildman–Crippen MR) is 125 cm³/mol. The van der Waals surface area contributed by atoms with Crippen LogP contribution in [0.3, 0.4) is 0 Å². The molecule has 0 bridgehead atoms. The van der Waals surface area contributed by atoms with Crippen LogP contribution in [-0.2, 0) is 28.4 Å². The molecule has 2 amide bonds. The molecular weight excluding hydrogens is 442 g/mol. The highest BCUT2D eigenvalue weighted by molar-refractivity contribution is 7.92. The van der Waals surface area contributed by atoms with Gasteiger partial charge in [-0.15, -0.1) is 0 Å². The topological polar surface area (TPSA) is 113 Å². The van der Waals surface area contributed by atoms with Gasteiger partial charge in [0.15, 0.2) is 5.82 Å². The summed E-state index contributed by atoms with van der Waals surface area (Å²) in [4.78, 5) is 26.7. The van der Waals surface area contributed by atoms with Crippen molar-refractivity contribution in [2.75, 3.05) is 15.8 Å². The van der Waals surface area contributed by atoms with Crippen LogP contribution in [0.5, 0.6) is 0 Å². The molecule has 1 aromatic heterocycles. The quantitative estimate of drug-likeness (QED) is 0.615. The molecule has 1 aromatic carbocycles. The van der Waals surface area contributed by atoms with E-state index in [9.17, 15) is 18.0 Å². The Morgan fingerprint density at radius 2 is 1.94 bits per heavy atom. The highest BCUT2D eigenvalue weighted by Gasteiger charge is 2.40. The molecule has 0 spiro atoms. The van der Waals surface area contributed by atoms with E-state index in [1.54, 1.807) is 23.9 Å². The van der Waals surface area contributed by atoms with Crippen molar-refractivity contribution in [3.8, 4) is 11.3 Å². The van der Waals surface area contributed by atoms with E-state index in [1.165, 1.54) is 6.92 Å². The van der Waals surface area contributed by atoms with E-state index in [1.807, 2.05) is 11.0 Å². The molecule has 10 heteroatoms. The van der Waals surface area contributed by atoms with Crippen LogP contribution in [0.1, 0.15) is 55.5 Å². The lowest BCUT2D eigenvalue weighted by Gasteiger charge is -2.24. The first kappa shape index (κ1) is 21.9. The van der Waals surface area contributed by atoms with Crippen LogP contribution in [0.25, 0.3) is 11.3 Å². The zero-order valence-electron chi connectivity index (χ0n) is 19.1. The number of carbonyl (C=O) groups is 2. The molecule has 1 atom stereocenters. The zero-order valence-corrected chi connectivity index (χ0v) is 19.9. The van der Waals surface area contributed by atoms with E-state index in [4.69, 9.17) is 0 Å². The Hall–Kier alpha value is -2.88. The number of nitrogens with zero attached hydrogens (tertiary/aromatic N) is 3. The van der Waals surface area contributed by atoms with Crippen molar-refractivity contribution in [2.24, 2.45) is 18.9 Å². The molecule has 2 heterocycles. The van der Waals surface area contributed by atoms with Gasteiger partial charge in [0.2, 0.25) is 15.9 Å². The third-order valence-electron chi connectivity index (χ3n) is 6.73. The van der Waals surface area contributed by atoms with E-state index < -0.39 is 10.0 Å². The average molecular weight is 472 g/mol. The van der Waals surface area contributed by atoms with Crippen molar-refractivity contribution < 1.29 is 18.0 Å². The van der Waals surface area contributed by atoms with Crippen molar-refractivity contribution in [1.82, 2.24) is 14.7 Å². The second kappa shape index (κ2) is 7.86. The molecule has 2 N–H and O–H groups in total. The molecule has 2 aromatic rings. The molecule has 9 nitrogen and oxygen atoms in total. The number of fused-ring (bicyclic) bond motifs is 1. The van der Waals surface area contributed by atoms with E-state index in [0.29, 0.717) is 35.2 Å². The maximum Gasteiger partial charge on any atom is 0.256 e. The minimum absolute atomic E-state index is 0.0702. The predicted octanol–water partition coefficient (Wildman–Crippen LogP) is 2.95. The number of hydrogen-bond donors (Lipinski definition) is 2. The maximum atomic E-state index is 13.4. The van der Waals surface area contributed by atoms with E-state index in [0.717, 1.165) is 36.8 Å². The molecule has 2 fully saturated rings. The molecule has 5 rings (SSSR count). The molecule has 176 valence electrons. The lowest BCUT2D eigenvalue weighted by Crippen LogP contribution is -2.35. The molecular formula is C23H29N5O4S. The number of carbonyl (C=O) groups excluding carboxylic acids is 2. The number of hydrogen-bond acceptors (Lipinski definition) is 5. The molecule has 1 aliphatic heterocycles. The van der Waals surface area contributed by atoms with Crippen LogP contribution in [-0.4, -0.2) is 46.7 Å². The largest absolute Gasteiger partial charge is 0.331 e. The third kappa shape index (κ3) is 4.48. The van der Waals surface area contributed by atoms with Gasteiger partial charge < -0.3 is 10.2 Å². The Balaban J connectivity index is 1.55. The highest BCUT2D eigenvalue weighted by atomic mass is 32.2. The monoisotopic (exact) mass is 471 g/mol. The third-order valence-corrected chi connectivity index (χ3v) is 8.17. The molecule has 3 aliphatic rings. The van der Waals surface area contributed by atoms with Crippen LogP contribution < -0.4 is 10.0 Å². The lowest BCUT2D eigenvalue weighted by molar-refractivity contribution is -0.114. The number of amides is 2. The molecule has 33 heavy (non-hydrogen) atoms. The van der Waals surface area contributed by atoms with Crippen LogP contribution in [0.4, 0.5) is 11.5 Å². The van der Waals surface area contributed by atoms with Crippen LogP contribution >= 0.6 is 0 Å². The fraction of sp³-hybridized carbons (Fsp3) is 0.522. The van der Waals surface area contributed by atoms with E-state index in [2.05, 4.69) is 22.1 Å². The summed E-state index contributed by atoms with van der Waals surface area (Å²) in [5.74, 6) is 0.840. The minimum atomic E-state index is -3.58. The Bertz CT molecular complexity index is 1240. The SMILES string of the molecule is CC(=O)Nc1cc(-c2cc3c(c(NS(=O)(=O)CC4CC4)c2)C(=O)N(C(C)C2CC2)C3)n(C)n1. The number of sulfonamides is 1. The smallest absolute Gasteiger partial charge is 0.256 e. The van der Waals surface area contributed by atoms with Crippen molar-refractivity contribution in [3.63, 3.8) is 0 Å². The Kier molecular flexibility index (Phi) is 5.23. The first-order valence-electron chi connectivity index (χ1n) is 11.4. The first-order chi connectivity index (χ1) is 15.6. The summed E-state index contributed by atoms with van der Waals surface area (Å²) >= 11 is 0. The standard InChI is InChI=1S/C23H29N5O4S/c1-13(16-6-7-16)28-11-18-8-17(20-10-21(24-14(2)29)25-27(20)3)9-19(22(18)23(28)30)26-33(31,32)12-15-4-5-15/h8-10,13,15-16,26H,4-7,11-12H2,1-3H3,(H,24,25,29). The van der Waals surface area contributed by atoms with Gasteiger partial charge in [-0.2, -0.15) is 5.10 Å². The number of aryl methyl sites for hydroxylation is 1. The van der Waals surface area contributed by atoms with Crippen LogP contribution in [0.15, 0.2) is 18.2 Å². The van der Waals surface area contributed by atoms with Crippen LogP contribution in [0, 0.1) is 11.8 Å². The van der Waals surface area contributed by atoms with Gasteiger partial charge in [0, 0.05) is 38.2 Å². The Labute approximate surface area is 193 Å². The average Bonchev–Trinajstić information content (AvgIpc) is 3.63. The zero-order chi connectivity index (χ0) is 23.5. The highest BCUT2D eigenvalue weighted by Crippen LogP contribution is 2.41. The van der Waals surface area contributed by atoms with E-state index >= 15 is 0 Å². The summed E-state index contributed by atoms with van der Waals surface area (Å²) < 4.78 is 30.0. The summed E-state index contributed by atoms with van der Waals surface area (Å²) in [5.41, 5.74) is 3.01. The summed E-state index contributed by atoms with van der Waals surface area (Å²) in [6.45, 7) is 3.94. The van der Waals surface area contributed by atoms with Crippen LogP contribution in [0.2, 0.25) is 0 Å². The summed E-state index contributed by atoms with van der Waals surface area (Å²) in [6.07, 6.45) is 4.08. The van der Waals surface area contributed by atoms with Gasteiger partial charge in [-0.25, -0.2) is 8.42 Å². The molecule has 2 saturated carbocycles. The fourth-order valence-corrected chi connectivity index (χ4v) is 6.19. The number of aromatic nitrogens is 2. The van der Waals surface area contributed by atoms with Gasteiger partial charge >= 0.3 is 0 Å². The van der Waals surface area contributed by atoms with Gasteiger partial charge in [0.1, 0.15) is 0 Å². The van der Waals surface area contributed by atoms with Gasteiger partial charge in [-0.1, -0.05) is 0 Å². The molecule has 2 aliphatic carbocycles.